The first-order valence-corrected chi connectivity index (χ1v) is 11.1. The van der Waals surface area contributed by atoms with Crippen LogP contribution in [0.4, 0.5) is 4.39 Å². The molecule has 0 radical (unpaired) electrons. The Hall–Kier alpha value is -2.51. The molecule has 0 unspecified atom stereocenters. The molecule has 1 atom stereocenters. The lowest BCUT2D eigenvalue weighted by Gasteiger charge is -2.20. The molecule has 0 saturated heterocycles. The van der Waals surface area contributed by atoms with E-state index in [1.54, 1.807) is 12.1 Å². The Morgan fingerprint density at radius 1 is 1.13 bits per heavy atom. The minimum absolute atomic E-state index is 0.00400. The molecule has 0 N–H and O–H groups in total. The topological polar surface area (TPSA) is 51.0 Å². The number of rotatable bonds is 7. The number of Topliss-reactive ketones (excluding diaryl/α,β-unsaturated/α-hetero) is 1. The molecule has 4 rings (SSSR count). The van der Waals surface area contributed by atoms with Crippen LogP contribution in [0.15, 0.2) is 47.6 Å². The Morgan fingerprint density at radius 3 is 2.60 bits per heavy atom. The van der Waals surface area contributed by atoms with Gasteiger partial charge in [0.25, 0.3) is 0 Å². The zero-order chi connectivity index (χ0) is 21.3. The lowest BCUT2D eigenvalue weighted by molar-refractivity contribution is 0.102. The predicted octanol–water partition coefficient (Wildman–Crippen LogP) is 4.49. The van der Waals surface area contributed by atoms with Crippen molar-refractivity contribution >= 4 is 17.5 Å². The van der Waals surface area contributed by atoms with Gasteiger partial charge in [0.1, 0.15) is 5.82 Å². The Morgan fingerprint density at radius 2 is 1.87 bits per heavy atom. The molecule has 0 amide bonds. The molecular formula is C23H25FN4OS. The van der Waals surface area contributed by atoms with E-state index in [1.807, 2.05) is 42.6 Å². The molecule has 0 aliphatic heterocycles. The Balaban J connectivity index is 1.59. The molecule has 156 valence electrons. The van der Waals surface area contributed by atoms with Crippen molar-refractivity contribution in [3.63, 3.8) is 0 Å². The maximum Gasteiger partial charge on any atom is 0.196 e. The summed E-state index contributed by atoms with van der Waals surface area (Å²) < 4.78 is 15.4. The van der Waals surface area contributed by atoms with Crippen molar-refractivity contribution in [1.82, 2.24) is 19.7 Å². The number of aryl methyl sites for hydroxylation is 2. The Bertz CT molecular complexity index is 1060. The van der Waals surface area contributed by atoms with Crippen molar-refractivity contribution in [3.8, 4) is 5.69 Å². The fourth-order valence-corrected chi connectivity index (χ4v) is 4.52. The minimum Gasteiger partial charge on any atom is -0.300 e. The summed E-state index contributed by atoms with van der Waals surface area (Å²) >= 11 is 1.36. The molecule has 0 spiro atoms. The summed E-state index contributed by atoms with van der Waals surface area (Å²) in [5.74, 6) is 0.800. The highest BCUT2D eigenvalue weighted by Crippen LogP contribution is 2.28. The van der Waals surface area contributed by atoms with Gasteiger partial charge in [0, 0.05) is 11.3 Å². The quantitative estimate of drug-likeness (QED) is 0.413. The summed E-state index contributed by atoms with van der Waals surface area (Å²) in [6, 6.07) is 12.3. The minimum atomic E-state index is -0.296. The van der Waals surface area contributed by atoms with Crippen LogP contribution in [0.25, 0.3) is 5.69 Å². The molecule has 3 aromatic rings. The highest BCUT2D eigenvalue weighted by Gasteiger charge is 2.22. The highest BCUT2D eigenvalue weighted by molar-refractivity contribution is 7.99. The fraction of sp³-hybridized carbons (Fsp3) is 0.348. The van der Waals surface area contributed by atoms with Crippen molar-refractivity contribution in [2.45, 2.75) is 37.4 Å². The van der Waals surface area contributed by atoms with Crippen LogP contribution >= 0.6 is 11.8 Å². The number of ketones is 1. The normalized spacial score (nSPS) is 14.2. The van der Waals surface area contributed by atoms with Crippen LogP contribution in [0.5, 0.6) is 0 Å². The number of hydrogen-bond donors (Lipinski definition) is 0. The molecule has 5 nitrogen and oxygen atoms in total. The molecule has 7 heteroatoms. The number of aromatic nitrogens is 3. The van der Waals surface area contributed by atoms with Crippen LogP contribution < -0.4 is 0 Å². The lowest BCUT2D eigenvalue weighted by atomic mass is 10.0. The first-order chi connectivity index (χ1) is 14.4. The average molecular weight is 425 g/mol. The second-order valence-electron chi connectivity index (χ2n) is 7.84. The summed E-state index contributed by atoms with van der Waals surface area (Å²) in [7, 11) is 3.94. The number of hydrogen-bond acceptors (Lipinski definition) is 5. The van der Waals surface area contributed by atoms with Gasteiger partial charge in [-0.1, -0.05) is 23.9 Å². The molecular weight excluding hydrogens is 399 g/mol. The third kappa shape index (κ3) is 4.18. The van der Waals surface area contributed by atoms with Crippen LogP contribution in [0.2, 0.25) is 0 Å². The van der Waals surface area contributed by atoms with Gasteiger partial charge < -0.3 is 0 Å². The van der Waals surface area contributed by atoms with Crippen molar-refractivity contribution in [2.75, 3.05) is 19.8 Å². The van der Waals surface area contributed by atoms with Gasteiger partial charge in [0.2, 0.25) is 0 Å². The van der Waals surface area contributed by atoms with Gasteiger partial charge >= 0.3 is 0 Å². The smallest absolute Gasteiger partial charge is 0.196 e. The molecule has 2 aromatic carbocycles. The van der Waals surface area contributed by atoms with E-state index in [9.17, 15) is 9.18 Å². The van der Waals surface area contributed by atoms with Gasteiger partial charge in [-0.2, -0.15) is 0 Å². The molecule has 0 fully saturated rings. The number of fused-ring (bicyclic) bond motifs is 1. The number of nitrogens with zero attached hydrogens (tertiary/aromatic N) is 4. The lowest BCUT2D eigenvalue weighted by Crippen LogP contribution is -2.20. The summed E-state index contributed by atoms with van der Waals surface area (Å²) in [6.07, 6.45) is 3.32. The third-order valence-electron chi connectivity index (χ3n) is 5.64. The van der Waals surface area contributed by atoms with Gasteiger partial charge in [-0.3, -0.25) is 14.3 Å². The van der Waals surface area contributed by atoms with Gasteiger partial charge in [0.05, 0.1) is 11.8 Å². The van der Waals surface area contributed by atoms with E-state index in [2.05, 4.69) is 16.3 Å². The molecule has 1 aromatic heterocycles. The van der Waals surface area contributed by atoms with Crippen molar-refractivity contribution in [2.24, 2.45) is 0 Å². The largest absolute Gasteiger partial charge is 0.300 e. The number of thioether (sulfide) groups is 1. The maximum absolute atomic E-state index is 13.5. The van der Waals surface area contributed by atoms with Gasteiger partial charge in [-0.25, -0.2) is 4.39 Å². The monoisotopic (exact) mass is 424 g/mol. The predicted molar refractivity (Wildman–Crippen MR) is 117 cm³/mol. The summed E-state index contributed by atoms with van der Waals surface area (Å²) in [4.78, 5) is 14.9. The van der Waals surface area contributed by atoms with E-state index in [-0.39, 0.29) is 23.4 Å². The van der Waals surface area contributed by atoms with Crippen LogP contribution in [0, 0.1) is 5.82 Å². The molecule has 30 heavy (non-hydrogen) atoms. The maximum atomic E-state index is 13.5. The number of carbonyl (C=O) groups is 1. The molecule has 1 heterocycles. The Kier molecular flexibility index (Phi) is 6.01. The molecule has 1 aliphatic carbocycles. The van der Waals surface area contributed by atoms with Gasteiger partial charge in [0.15, 0.2) is 16.8 Å². The first kappa shape index (κ1) is 20.8. The number of carbonyl (C=O) groups excluding carboxylic acids is 1. The third-order valence-corrected chi connectivity index (χ3v) is 6.57. The summed E-state index contributed by atoms with van der Waals surface area (Å²) in [6.45, 7) is 2.04. The van der Waals surface area contributed by atoms with E-state index >= 15 is 0 Å². The van der Waals surface area contributed by atoms with Crippen molar-refractivity contribution in [1.29, 1.82) is 0 Å². The molecule has 1 aliphatic rings. The molecule has 0 bridgehead atoms. The van der Waals surface area contributed by atoms with Crippen LogP contribution in [0.1, 0.15) is 46.7 Å². The van der Waals surface area contributed by atoms with Gasteiger partial charge in [-0.15, -0.1) is 10.2 Å². The van der Waals surface area contributed by atoms with E-state index in [0.717, 1.165) is 36.3 Å². The van der Waals surface area contributed by atoms with Crippen molar-refractivity contribution < 1.29 is 9.18 Å². The zero-order valence-electron chi connectivity index (χ0n) is 17.4. The van der Waals surface area contributed by atoms with E-state index < -0.39 is 0 Å². The van der Waals surface area contributed by atoms with E-state index in [0.29, 0.717) is 5.16 Å². The van der Waals surface area contributed by atoms with Crippen LogP contribution in [-0.2, 0) is 12.8 Å². The van der Waals surface area contributed by atoms with Gasteiger partial charge in [-0.05, 0) is 81.7 Å². The number of halogens is 1. The fourth-order valence-electron chi connectivity index (χ4n) is 3.67. The van der Waals surface area contributed by atoms with Crippen LogP contribution in [0.3, 0.4) is 0 Å². The second-order valence-corrected chi connectivity index (χ2v) is 8.78. The first-order valence-electron chi connectivity index (χ1n) is 10.1. The van der Waals surface area contributed by atoms with E-state index in [1.165, 1.54) is 35.0 Å². The molecule has 0 saturated carbocycles. The van der Waals surface area contributed by atoms with E-state index in [4.69, 9.17) is 0 Å². The van der Waals surface area contributed by atoms with Crippen molar-refractivity contribution in [3.05, 3.63) is 70.8 Å². The van der Waals surface area contributed by atoms with Crippen LogP contribution in [-0.4, -0.2) is 45.3 Å². The standard InChI is InChI=1S/C23H25FN4OS/c1-15(27(2)3)22-25-26-23(28(22)20-11-9-19(24)10-12-20)30-14-21(29)18-8-7-16-5-4-6-17(16)13-18/h7-13,15H,4-6,14H2,1-3H3/t15-/m1/s1. The zero-order valence-corrected chi connectivity index (χ0v) is 18.2. The second kappa shape index (κ2) is 8.70. The average Bonchev–Trinajstić information content (AvgIpc) is 3.38. The summed E-state index contributed by atoms with van der Waals surface area (Å²) in [5.41, 5.74) is 4.18. The number of benzene rings is 2. The SMILES string of the molecule is C[C@H](c1nnc(SCC(=O)c2ccc3c(c2)CCC3)n1-c1ccc(F)cc1)N(C)C. The summed E-state index contributed by atoms with van der Waals surface area (Å²) in [5, 5.41) is 9.35. The highest BCUT2D eigenvalue weighted by atomic mass is 32.2. The Labute approximate surface area is 180 Å².